The van der Waals surface area contributed by atoms with Crippen molar-refractivity contribution in [2.75, 3.05) is 5.32 Å². The number of aryl methyl sites for hydroxylation is 2. The molecule has 0 fully saturated rings. The Bertz CT molecular complexity index is 608. The molecule has 20 heavy (non-hydrogen) atoms. The van der Waals surface area contributed by atoms with Crippen LogP contribution in [0.2, 0.25) is 0 Å². The van der Waals surface area contributed by atoms with Crippen LogP contribution in [0, 0.1) is 6.92 Å². The lowest BCUT2D eigenvalue weighted by Gasteiger charge is -2.11. The number of rotatable bonds is 4. The van der Waals surface area contributed by atoms with Gasteiger partial charge in [-0.25, -0.2) is 0 Å². The van der Waals surface area contributed by atoms with Crippen molar-refractivity contribution in [1.82, 2.24) is 5.27 Å². The first-order valence-corrected chi connectivity index (χ1v) is 6.93. The molecule has 0 aliphatic carbocycles. The maximum Gasteiger partial charge on any atom is 0.291 e. The van der Waals surface area contributed by atoms with E-state index in [4.69, 9.17) is 0 Å². The van der Waals surface area contributed by atoms with Crippen LogP contribution in [-0.2, 0) is 11.8 Å². The molecule has 2 rings (SSSR count). The summed E-state index contributed by atoms with van der Waals surface area (Å²) in [5, 5.41) is 17.6. The van der Waals surface area contributed by atoms with Crippen molar-refractivity contribution in [3.8, 4) is 5.95 Å². The van der Waals surface area contributed by atoms with Crippen molar-refractivity contribution >= 4 is 23.4 Å². The fraction of sp³-hybridized carbons (Fsp3) is 0.308. The number of para-hydroxylation sites is 1. The summed E-state index contributed by atoms with van der Waals surface area (Å²) in [6, 6.07) is 7.52. The minimum absolute atomic E-state index is 0.176. The zero-order valence-electron chi connectivity index (χ0n) is 11.4. The van der Waals surface area contributed by atoms with Gasteiger partial charge in [0.05, 0.1) is 10.5 Å². The molecule has 0 bridgehead atoms. The van der Waals surface area contributed by atoms with Crippen molar-refractivity contribution < 1.29 is 19.1 Å². The van der Waals surface area contributed by atoms with Gasteiger partial charge in [-0.3, -0.25) is 4.79 Å². The highest BCUT2D eigenvalue weighted by Gasteiger charge is 2.23. The summed E-state index contributed by atoms with van der Waals surface area (Å²) in [6.07, 6.45) is 0. The molecule has 0 saturated carbocycles. The van der Waals surface area contributed by atoms with E-state index in [0.717, 1.165) is 23.0 Å². The predicted octanol–water partition coefficient (Wildman–Crippen LogP) is 1.00. The third-order valence-corrected chi connectivity index (χ3v) is 4.00. The second kappa shape index (κ2) is 5.96. The number of aromatic nitrogens is 2. The summed E-state index contributed by atoms with van der Waals surface area (Å²) in [5.41, 5.74) is 1.75. The molecule has 1 atom stereocenters. The van der Waals surface area contributed by atoms with E-state index < -0.39 is 11.2 Å². The molecule has 0 spiro atoms. The van der Waals surface area contributed by atoms with Crippen LogP contribution < -0.4 is 15.1 Å². The number of carbonyl (C=O) groups is 1. The average Bonchev–Trinajstić information content (AvgIpc) is 2.73. The van der Waals surface area contributed by atoms with Crippen LogP contribution in [0.5, 0.6) is 5.95 Å². The number of hydrogen-bond acceptors (Lipinski definition) is 5. The van der Waals surface area contributed by atoms with E-state index >= 15 is 0 Å². The zero-order chi connectivity index (χ0) is 14.7. The molecule has 1 aromatic carbocycles. The number of anilines is 1. The Kier molecular flexibility index (Phi) is 4.29. The highest BCUT2D eigenvalue weighted by molar-refractivity contribution is 8.00. The molecule has 0 radical (unpaired) electrons. The third kappa shape index (κ3) is 3.11. The van der Waals surface area contributed by atoms with Crippen molar-refractivity contribution in [1.29, 1.82) is 0 Å². The maximum atomic E-state index is 12.1. The molecule has 7 heteroatoms. The third-order valence-electron chi connectivity index (χ3n) is 2.78. The largest absolute Gasteiger partial charge is 0.538 e. The van der Waals surface area contributed by atoms with Gasteiger partial charge in [-0.1, -0.05) is 22.9 Å². The van der Waals surface area contributed by atoms with Crippen molar-refractivity contribution in [2.45, 2.75) is 24.1 Å². The van der Waals surface area contributed by atoms with Crippen LogP contribution in [0.3, 0.4) is 0 Å². The minimum atomic E-state index is -0.534. The van der Waals surface area contributed by atoms with E-state index in [1.54, 1.807) is 14.0 Å². The van der Waals surface area contributed by atoms with Gasteiger partial charge >= 0.3 is 0 Å². The van der Waals surface area contributed by atoms with E-state index in [1.807, 2.05) is 31.2 Å². The number of nitrogens with one attached hydrogen (secondary N) is 1. The number of benzene rings is 1. The first-order valence-electron chi connectivity index (χ1n) is 6.05. The normalized spacial score (nSPS) is 12.2. The Labute approximate surface area is 120 Å². The summed E-state index contributed by atoms with van der Waals surface area (Å²) in [4.78, 5) is 12.1. The van der Waals surface area contributed by atoms with Gasteiger partial charge in [0.25, 0.3) is 5.03 Å². The van der Waals surface area contributed by atoms with Crippen molar-refractivity contribution in [3.05, 3.63) is 29.8 Å². The number of hydrogen-bond donors (Lipinski definition) is 1. The van der Waals surface area contributed by atoms with Gasteiger partial charge in [0, 0.05) is 5.69 Å². The Morgan fingerprint density at radius 3 is 2.80 bits per heavy atom. The van der Waals surface area contributed by atoms with Crippen molar-refractivity contribution in [3.63, 3.8) is 0 Å². The number of nitrogens with zero attached hydrogens (tertiary/aromatic N) is 2. The predicted molar refractivity (Wildman–Crippen MR) is 72.3 cm³/mol. The molecule has 1 aromatic heterocycles. The SMILES string of the molecule is Cc1ccccc1NC(=O)C(C)Sc1c([O-])on[n+]1C. The Morgan fingerprint density at radius 2 is 2.20 bits per heavy atom. The van der Waals surface area contributed by atoms with Gasteiger partial charge in [0.2, 0.25) is 5.91 Å². The van der Waals surface area contributed by atoms with Gasteiger partial charge in [0.1, 0.15) is 0 Å². The highest BCUT2D eigenvalue weighted by Crippen LogP contribution is 2.26. The van der Waals surface area contributed by atoms with Gasteiger partial charge < -0.3 is 14.9 Å². The lowest BCUT2D eigenvalue weighted by molar-refractivity contribution is -0.772. The standard InChI is InChI=1S/C13H15N3O3S/c1-8-6-4-5-7-10(8)14-11(17)9(2)20-12-13(18)19-15-16(12)3/h4-7,9H,1-3H3,(H-,14,15,17,18). The van der Waals surface area contributed by atoms with Crippen LogP contribution >= 0.6 is 11.8 Å². The Morgan fingerprint density at radius 1 is 1.50 bits per heavy atom. The zero-order valence-corrected chi connectivity index (χ0v) is 12.2. The summed E-state index contributed by atoms with van der Waals surface area (Å²) < 4.78 is 5.84. The van der Waals surface area contributed by atoms with E-state index in [0.29, 0.717) is 5.03 Å². The smallest absolute Gasteiger partial charge is 0.291 e. The van der Waals surface area contributed by atoms with Gasteiger partial charge in [-0.2, -0.15) is 0 Å². The Balaban J connectivity index is 2.05. The van der Waals surface area contributed by atoms with Crippen LogP contribution in [0.25, 0.3) is 0 Å². The van der Waals surface area contributed by atoms with Crippen molar-refractivity contribution in [2.24, 2.45) is 7.05 Å². The molecule has 106 valence electrons. The molecule has 2 aromatic rings. The lowest BCUT2D eigenvalue weighted by atomic mass is 10.2. The second-order valence-electron chi connectivity index (χ2n) is 4.35. The molecular weight excluding hydrogens is 278 g/mol. The second-order valence-corrected chi connectivity index (χ2v) is 5.68. The monoisotopic (exact) mass is 293 g/mol. The van der Waals surface area contributed by atoms with E-state index in [2.05, 4.69) is 15.1 Å². The average molecular weight is 293 g/mol. The summed E-state index contributed by atoms with van der Waals surface area (Å²) in [7, 11) is 1.60. The molecule has 1 unspecified atom stereocenters. The molecule has 0 aliphatic heterocycles. The van der Waals surface area contributed by atoms with Crippen LogP contribution in [0.1, 0.15) is 12.5 Å². The number of amides is 1. The molecule has 0 aliphatic rings. The van der Waals surface area contributed by atoms with Crippen LogP contribution in [0.4, 0.5) is 5.69 Å². The molecular formula is C13H15N3O3S. The number of carbonyl (C=O) groups excluding carboxylic acids is 1. The van der Waals surface area contributed by atoms with E-state index in [9.17, 15) is 9.90 Å². The molecule has 1 amide bonds. The Hall–Kier alpha value is -2.02. The fourth-order valence-electron chi connectivity index (χ4n) is 1.60. The molecule has 6 nitrogen and oxygen atoms in total. The molecule has 0 saturated heterocycles. The van der Waals surface area contributed by atoms with E-state index in [-0.39, 0.29) is 5.91 Å². The quantitative estimate of drug-likeness (QED) is 0.672. The van der Waals surface area contributed by atoms with Gasteiger partial charge in [-0.15, -0.1) is 0 Å². The minimum Gasteiger partial charge on any atom is -0.538 e. The van der Waals surface area contributed by atoms with Crippen LogP contribution in [-0.4, -0.2) is 16.4 Å². The number of thioether (sulfide) groups is 1. The fourth-order valence-corrected chi connectivity index (χ4v) is 2.42. The molecule has 1 N–H and O–H groups in total. The maximum absolute atomic E-state index is 12.1. The van der Waals surface area contributed by atoms with Gasteiger partial charge in [0.15, 0.2) is 13.0 Å². The summed E-state index contributed by atoms with van der Waals surface area (Å²) >= 11 is 1.12. The highest BCUT2D eigenvalue weighted by atomic mass is 32.2. The first-order chi connectivity index (χ1) is 9.49. The summed E-state index contributed by atoms with van der Waals surface area (Å²) in [6.45, 7) is 3.65. The summed E-state index contributed by atoms with van der Waals surface area (Å²) in [5.74, 6) is -0.710. The molecule has 1 heterocycles. The first kappa shape index (κ1) is 14.4. The van der Waals surface area contributed by atoms with Gasteiger partial charge in [-0.05, 0) is 37.2 Å². The lowest BCUT2D eigenvalue weighted by Crippen LogP contribution is -2.33. The van der Waals surface area contributed by atoms with E-state index in [1.165, 1.54) is 4.68 Å². The van der Waals surface area contributed by atoms with Crippen LogP contribution in [0.15, 0.2) is 33.8 Å². The topological polar surface area (TPSA) is 82.1 Å².